The van der Waals surface area contributed by atoms with E-state index in [1.165, 1.54) is 5.69 Å². The van der Waals surface area contributed by atoms with E-state index in [0.717, 1.165) is 16.7 Å². The Labute approximate surface area is 107 Å². The summed E-state index contributed by atoms with van der Waals surface area (Å²) in [5.41, 5.74) is 2.09. The van der Waals surface area contributed by atoms with E-state index in [1.807, 2.05) is 33.9 Å². The van der Waals surface area contributed by atoms with Gasteiger partial charge in [-0.15, -0.1) is 0 Å². The van der Waals surface area contributed by atoms with Crippen molar-refractivity contribution in [1.29, 1.82) is 0 Å². The Hall–Kier alpha value is -1.15. The van der Waals surface area contributed by atoms with E-state index in [0.29, 0.717) is 5.02 Å². The summed E-state index contributed by atoms with van der Waals surface area (Å²) in [6, 6.07) is 6.08. The van der Waals surface area contributed by atoms with Gasteiger partial charge in [0, 0.05) is 23.6 Å². The Morgan fingerprint density at radius 2 is 1.88 bits per heavy atom. The number of fused-ring (bicyclic) bond motifs is 1. The highest BCUT2D eigenvalue weighted by atomic mass is 35.5. The highest BCUT2D eigenvalue weighted by Crippen LogP contribution is 2.35. The summed E-state index contributed by atoms with van der Waals surface area (Å²) in [5.74, 6) is 0.747. The molecule has 92 valence electrons. The molecule has 3 heteroatoms. The van der Waals surface area contributed by atoms with Gasteiger partial charge in [0.25, 0.3) is 0 Å². The SMILES string of the molecule is Cc1cc2c(Cl)c(OC(C)(C)C)ccc2n1C. The van der Waals surface area contributed by atoms with Gasteiger partial charge in [-0.1, -0.05) is 11.6 Å². The van der Waals surface area contributed by atoms with Crippen molar-refractivity contribution in [3.63, 3.8) is 0 Å². The molecule has 0 saturated heterocycles. The summed E-state index contributed by atoms with van der Waals surface area (Å²) >= 11 is 6.39. The Bertz CT molecular complexity index is 564. The molecule has 0 aliphatic heterocycles. The lowest BCUT2D eigenvalue weighted by Crippen LogP contribution is -2.23. The molecule has 0 unspecified atom stereocenters. The van der Waals surface area contributed by atoms with Gasteiger partial charge in [0.1, 0.15) is 11.4 Å². The second-order valence-corrected chi connectivity index (χ2v) is 5.75. The van der Waals surface area contributed by atoms with Crippen LogP contribution in [0.5, 0.6) is 5.75 Å². The van der Waals surface area contributed by atoms with Crippen LogP contribution in [0.15, 0.2) is 18.2 Å². The van der Waals surface area contributed by atoms with Crippen LogP contribution < -0.4 is 4.74 Å². The first-order chi connectivity index (χ1) is 7.79. The molecule has 0 N–H and O–H groups in total. The predicted molar refractivity (Wildman–Crippen MR) is 73.0 cm³/mol. The van der Waals surface area contributed by atoms with E-state index in [2.05, 4.69) is 23.6 Å². The van der Waals surface area contributed by atoms with Crippen molar-refractivity contribution in [2.75, 3.05) is 0 Å². The average molecular weight is 252 g/mol. The third-order valence-corrected chi connectivity index (χ3v) is 3.17. The van der Waals surface area contributed by atoms with Crippen LogP contribution in [0.1, 0.15) is 26.5 Å². The fourth-order valence-electron chi connectivity index (χ4n) is 1.90. The third kappa shape index (κ3) is 2.27. The van der Waals surface area contributed by atoms with Crippen LogP contribution in [0.4, 0.5) is 0 Å². The summed E-state index contributed by atoms with van der Waals surface area (Å²) in [6.07, 6.45) is 0. The minimum atomic E-state index is -0.235. The number of ether oxygens (including phenoxy) is 1. The number of benzene rings is 1. The van der Waals surface area contributed by atoms with Crippen molar-refractivity contribution in [2.24, 2.45) is 7.05 Å². The second-order valence-electron chi connectivity index (χ2n) is 5.37. The lowest BCUT2D eigenvalue weighted by atomic mass is 10.2. The van der Waals surface area contributed by atoms with Crippen LogP contribution in [0.3, 0.4) is 0 Å². The fraction of sp³-hybridized carbons (Fsp3) is 0.429. The largest absolute Gasteiger partial charge is 0.487 e. The minimum absolute atomic E-state index is 0.235. The number of rotatable bonds is 1. The molecule has 0 saturated carbocycles. The number of hydrogen-bond acceptors (Lipinski definition) is 1. The van der Waals surface area contributed by atoms with Gasteiger partial charge < -0.3 is 9.30 Å². The average Bonchev–Trinajstić information content (AvgIpc) is 2.48. The lowest BCUT2D eigenvalue weighted by molar-refractivity contribution is 0.131. The summed E-state index contributed by atoms with van der Waals surface area (Å²) in [5, 5.41) is 1.74. The van der Waals surface area contributed by atoms with E-state index in [-0.39, 0.29) is 5.60 Å². The Kier molecular flexibility index (Phi) is 2.86. The molecule has 17 heavy (non-hydrogen) atoms. The van der Waals surface area contributed by atoms with Gasteiger partial charge in [-0.2, -0.15) is 0 Å². The molecule has 2 aromatic rings. The minimum Gasteiger partial charge on any atom is -0.487 e. The van der Waals surface area contributed by atoms with E-state index in [1.54, 1.807) is 0 Å². The van der Waals surface area contributed by atoms with Crippen molar-refractivity contribution in [1.82, 2.24) is 4.57 Å². The molecule has 0 radical (unpaired) electrons. The standard InChI is InChI=1S/C14H18ClNO/c1-9-8-10-11(16(9)5)6-7-12(13(10)15)17-14(2,3)4/h6-8H,1-5H3. The molecular formula is C14H18ClNO. The molecule has 0 aliphatic rings. The van der Waals surface area contributed by atoms with Crippen molar-refractivity contribution in [2.45, 2.75) is 33.3 Å². The molecule has 2 rings (SSSR count). The van der Waals surface area contributed by atoms with Gasteiger partial charge >= 0.3 is 0 Å². The normalized spacial score (nSPS) is 12.1. The van der Waals surface area contributed by atoms with Crippen LogP contribution in [-0.2, 0) is 7.05 Å². The first kappa shape index (κ1) is 12.3. The number of hydrogen-bond donors (Lipinski definition) is 0. The van der Waals surface area contributed by atoms with Crippen molar-refractivity contribution < 1.29 is 4.74 Å². The first-order valence-electron chi connectivity index (χ1n) is 5.73. The Morgan fingerprint density at radius 3 is 2.47 bits per heavy atom. The van der Waals surface area contributed by atoms with E-state index in [4.69, 9.17) is 16.3 Å². The fourth-order valence-corrected chi connectivity index (χ4v) is 2.15. The van der Waals surface area contributed by atoms with Crippen LogP contribution >= 0.6 is 11.6 Å². The van der Waals surface area contributed by atoms with Crippen molar-refractivity contribution >= 4 is 22.5 Å². The van der Waals surface area contributed by atoms with Crippen molar-refractivity contribution in [3.05, 3.63) is 28.9 Å². The summed E-state index contributed by atoms with van der Waals surface area (Å²) in [7, 11) is 2.04. The van der Waals surface area contributed by atoms with Gasteiger partial charge in [-0.25, -0.2) is 0 Å². The molecule has 2 nitrogen and oxygen atoms in total. The number of halogens is 1. The highest BCUT2D eigenvalue weighted by Gasteiger charge is 2.16. The van der Waals surface area contributed by atoms with Gasteiger partial charge in [-0.05, 0) is 45.9 Å². The van der Waals surface area contributed by atoms with Gasteiger partial charge in [0.2, 0.25) is 0 Å². The topological polar surface area (TPSA) is 14.2 Å². The molecule has 0 fully saturated rings. The summed E-state index contributed by atoms with van der Waals surface area (Å²) in [4.78, 5) is 0. The molecule has 0 amide bonds. The van der Waals surface area contributed by atoms with Gasteiger partial charge in [0.15, 0.2) is 0 Å². The first-order valence-corrected chi connectivity index (χ1v) is 6.11. The molecule has 1 heterocycles. The zero-order valence-electron chi connectivity index (χ0n) is 11.0. The molecule has 0 aliphatic carbocycles. The van der Waals surface area contributed by atoms with Crippen LogP contribution in [0.2, 0.25) is 5.02 Å². The smallest absolute Gasteiger partial charge is 0.139 e. The molecule has 0 bridgehead atoms. The monoisotopic (exact) mass is 251 g/mol. The predicted octanol–water partition coefficient (Wildman–Crippen LogP) is 4.32. The Balaban J connectivity index is 2.58. The Morgan fingerprint density at radius 1 is 1.24 bits per heavy atom. The number of aryl methyl sites for hydroxylation is 2. The lowest BCUT2D eigenvalue weighted by Gasteiger charge is -2.22. The summed E-state index contributed by atoms with van der Waals surface area (Å²) < 4.78 is 7.98. The highest BCUT2D eigenvalue weighted by molar-refractivity contribution is 6.37. The zero-order chi connectivity index (χ0) is 12.8. The number of nitrogens with zero attached hydrogens (tertiary/aromatic N) is 1. The van der Waals surface area contributed by atoms with Crippen LogP contribution in [-0.4, -0.2) is 10.2 Å². The maximum atomic E-state index is 6.39. The molecular weight excluding hydrogens is 234 g/mol. The van der Waals surface area contributed by atoms with E-state index < -0.39 is 0 Å². The third-order valence-electron chi connectivity index (χ3n) is 2.78. The van der Waals surface area contributed by atoms with E-state index >= 15 is 0 Å². The van der Waals surface area contributed by atoms with Crippen LogP contribution in [0, 0.1) is 6.92 Å². The molecule has 1 aromatic heterocycles. The van der Waals surface area contributed by atoms with E-state index in [9.17, 15) is 0 Å². The zero-order valence-corrected chi connectivity index (χ0v) is 11.7. The molecule has 0 atom stereocenters. The van der Waals surface area contributed by atoms with Crippen LogP contribution in [0.25, 0.3) is 10.9 Å². The second kappa shape index (κ2) is 3.95. The summed E-state index contributed by atoms with van der Waals surface area (Å²) in [6.45, 7) is 8.12. The van der Waals surface area contributed by atoms with Gasteiger partial charge in [-0.3, -0.25) is 0 Å². The van der Waals surface area contributed by atoms with Gasteiger partial charge in [0.05, 0.1) is 5.02 Å². The van der Waals surface area contributed by atoms with Crippen molar-refractivity contribution in [3.8, 4) is 5.75 Å². The molecule has 0 spiro atoms. The quantitative estimate of drug-likeness (QED) is 0.736. The molecule has 1 aromatic carbocycles. The maximum absolute atomic E-state index is 6.39. The number of aromatic nitrogens is 1. The maximum Gasteiger partial charge on any atom is 0.139 e.